The molecule has 3 rings (SSSR count). The summed E-state index contributed by atoms with van der Waals surface area (Å²) in [6.07, 6.45) is 6.39. The number of rotatable bonds is 8. The minimum Gasteiger partial charge on any atom is -0.483 e. The molecule has 0 saturated heterocycles. The van der Waals surface area contributed by atoms with Gasteiger partial charge in [-0.1, -0.05) is 48.5 Å². The number of benzene rings is 2. The predicted molar refractivity (Wildman–Crippen MR) is 113 cm³/mol. The number of hydrogen-bond acceptors (Lipinski definition) is 3. The van der Waals surface area contributed by atoms with Gasteiger partial charge in [-0.05, 0) is 50.3 Å². The van der Waals surface area contributed by atoms with E-state index in [1.165, 1.54) is 6.42 Å². The van der Waals surface area contributed by atoms with E-state index < -0.39 is 0 Å². The number of nitrogens with one attached hydrogen (secondary N) is 1. The van der Waals surface area contributed by atoms with E-state index in [-0.39, 0.29) is 18.4 Å². The van der Waals surface area contributed by atoms with Crippen LogP contribution in [0.5, 0.6) is 5.75 Å². The Kier molecular flexibility index (Phi) is 7.45. The summed E-state index contributed by atoms with van der Waals surface area (Å²) in [5.41, 5.74) is 2.53. The number of hydrogen-bond donors (Lipinski definition) is 1. The first kappa shape index (κ1) is 20.6. The molecule has 0 radical (unpaired) electrons. The van der Waals surface area contributed by atoms with E-state index in [4.69, 9.17) is 4.74 Å². The number of nitrogens with zero attached hydrogens (tertiary/aromatic N) is 1. The Morgan fingerprint density at radius 1 is 1.03 bits per heavy atom. The molecule has 0 heterocycles. The number of carbonyl (C=O) groups excluding carboxylic acids is 2. The van der Waals surface area contributed by atoms with Gasteiger partial charge in [-0.25, -0.2) is 0 Å². The van der Waals surface area contributed by atoms with Gasteiger partial charge < -0.3 is 15.0 Å². The van der Waals surface area contributed by atoms with Gasteiger partial charge in [0.15, 0.2) is 6.61 Å². The molecule has 1 aliphatic rings. The molecule has 0 unspecified atom stereocenters. The van der Waals surface area contributed by atoms with E-state index in [2.05, 4.69) is 11.4 Å². The van der Waals surface area contributed by atoms with Crippen LogP contribution in [0.15, 0.2) is 66.4 Å². The number of ether oxygens (including phenoxy) is 1. The molecule has 2 aromatic rings. The summed E-state index contributed by atoms with van der Waals surface area (Å²) < 4.78 is 5.77. The monoisotopic (exact) mass is 392 g/mol. The molecule has 0 aromatic heterocycles. The van der Waals surface area contributed by atoms with Crippen LogP contribution in [-0.2, 0) is 11.3 Å². The van der Waals surface area contributed by atoms with Crippen LogP contribution in [0, 0.1) is 0 Å². The van der Waals surface area contributed by atoms with Crippen LogP contribution in [0.1, 0.15) is 48.5 Å². The third-order valence-electron chi connectivity index (χ3n) is 5.01. The second kappa shape index (κ2) is 10.5. The highest BCUT2D eigenvalue weighted by atomic mass is 16.5. The second-order valence-corrected chi connectivity index (χ2v) is 7.03. The summed E-state index contributed by atoms with van der Waals surface area (Å²) in [6, 6.07) is 16.8. The molecule has 0 atom stereocenters. The van der Waals surface area contributed by atoms with Gasteiger partial charge in [0.05, 0.1) is 5.56 Å². The number of carbonyl (C=O) groups is 2. The Morgan fingerprint density at radius 3 is 2.52 bits per heavy atom. The Bertz CT molecular complexity index is 861. The lowest BCUT2D eigenvalue weighted by molar-refractivity contribution is -0.131. The van der Waals surface area contributed by atoms with Crippen LogP contribution in [0.2, 0.25) is 0 Å². The standard InChI is InChI=1S/C24H28N2O3/c1-2-26(20-13-7-4-8-14-20)23(27)18-29-22-16-10-9-15-21(22)24(28)25-17-19-11-5-3-6-12-19/h3,5-6,9-13,15-16H,2,4,7-8,14,17-18H2,1H3,(H,25,28). The van der Waals surface area contributed by atoms with E-state index in [9.17, 15) is 9.59 Å². The largest absolute Gasteiger partial charge is 0.483 e. The Labute approximate surface area is 172 Å². The van der Waals surface area contributed by atoms with Crippen molar-refractivity contribution in [2.24, 2.45) is 0 Å². The fourth-order valence-corrected chi connectivity index (χ4v) is 3.48. The van der Waals surface area contributed by atoms with Crippen molar-refractivity contribution in [3.63, 3.8) is 0 Å². The molecular formula is C24H28N2O3. The van der Waals surface area contributed by atoms with E-state index in [1.54, 1.807) is 29.2 Å². The molecule has 0 spiro atoms. The maximum absolute atomic E-state index is 12.7. The van der Waals surface area contributed by atoms with Crippen molar-refractivity contribution >= 4 is 11.8 Å². The third-order valence-corrected chi connectivity index (χ3v) is 5.01. The molecule has 2 aromatic carbocycles. The molecule has 2 amide bonds. The first-order chi connectivity index (χ1) is 14.2. The first-order valence-corrected chi connectivity index (χ1v) is 10.2. The number of para-hydroxylation sites is 1. The minimum atomic E-state index is -0.223. The Morgan fingerprint density at radius 2 is 1.79 bits per heavy atom. The molecule has 0 aliphatic heterocycles. The summed E-state index contributed by atoms with van der Waals surface area (Å²) >= 11 is 0. The minimum absolute atomic E-state index is 0.0832. The van der Waals surface area contributed by atoms with Crippen LogP contribution in [0.25, 0.3) is 0 Å². The molecule has 1 N–H and O–H groups in total. The van der Waals surface area contributed by atoms with E-state index >= 15 is 0 Å². The normalized spacial score (nSPS) is 13.3. The summed E-state index contributed by atoms with van der Waals surface area (Å²) in [5, 5.41) is 2.91. The summed E-state index contributed by atoms with van der Waals surface area (Å²) in [6.45, 7) is 2.93. The van der Waals surface area contributed by atoms with Crippen molar-refractivity contribution < 1.29 is 14.3 Å². The molecule has 0 saturated carbocycles. The van der Waals surface area contributed by atoms with Crippen LogP contribution in [0.4, 0.5) is 0 Å². The lowest BCUT2D eigenvalue weighted by atomic mass is 10.0. The number of amides is 2. The van der Waals surface area contributed by atoms with Gasteiger partial charge in [-0.2, -0.15) is 0 Å². The van der Waals surface area contributed by atoms with Gasteiger partial charge in [0.2, 0.25) is 0 Å². The summed E-state index contributed by atoms with van der Waals surface area (Å²) in [5.74, 6) is 0.111. The maximum Gasteiger partial charge on any atom is 0.264 e. The Hall–Kier alpha value is -3.08. The van der Waals surface area contributed by atoms with E-state index in [0.29, 0.717) is 24.4 Å². The first-order valence-electron chi connectivity index (χ1n) is 10.2. The smallest absolute Gasteiger partial charge is 0.264 e. The third kappa shape index (κ3) is 5.70. The molecular weight excluding hydrogens is 364 g/mol. The predicted octanol–water partition coefficient (Wildman–Crippen LogP) is 4.30. The van der Waals surface area contributed by atoms with Crippen LogP contribution in [-0.4, -0.2) is 29.9 Å². The lowest BCUT2D eigenvalue weighted by Crippen LogP contribution is -2.35. The molecule has 152 valence electrons. The number of likely N-dealkylation sites (N-methyl/N-ethyl adjacent to an activating group) is 1. The molecule has 0 fully saturated rings. The second-order valence-electron chi connectivity index (χ2n) is 7.03. The highest BCUT2D eigenvalue weighted by Crippen LogP contribution is 2.22. The highest BCUT2D eigenvalue weighted by molar-refractivity contribution is 5.97. The Balaban J connectivity index is 1.61. The molecule has 29 heavy (non-hydrogen) atoms. The zero-order chi connectivity index (χ0) is 20.5. The van der Waals surface area contributed by atoms with Gasteiger partial charge in [-0.3, -0.25) is 9.59 Å². The lowest BCUT2D eigenvalue weighted by Gasteiger charge is -2.26. The van der Waals surface area contributed by atoms with Gasteiger partial charge in [0, 0.05) is 18.8 Å². The van der Waals surface area contributed by atoms with Gasteiger partial charge in [-0.15, -0.1) is 0 Å². The van der Waals surface area contributed by atoms with Crippen LogP contribution in [0.3, 0.4) is 0 Å². The van der Waals surface area contributed by atoms with Crippen molar-refractivity contribution in [1.29, 1.82) is 0 Å². The zero-order valence-corrected chi connectivity index (χ0v) is 16.9. The van der Waals surface area contributed by atoms with Gasteiger partial charge in [0.25, 0.3) is 11.8 Å². The fourth-order valence-electron chi connectivity index (χ4n) is 3.48. The molecule has 5 nitrogen and oxygen atoms in total. The number of allylic oxidation sites excluding steroid dienone is 2. The highest BCUT2D eigenvalue weighted by Gasteiger charge is 2.19. The van der Waals surface area contributed by atoms with Crippen LogP contribution < -0.4 is 10.1 Å². The van der Waals surface area contributed by atoms with E-state index in [1.807, 2.05) is 37.3 Å². The van der Waals surface area contributed by atoms with Crippen molar-refractivity contribution in [3.8, 4) is 5.75 Å². The fraction of sp³-hybridized carbons (Fsp3) is 0.333. The average Bonchev–Trinajstić information content (AvgIpc) is 2.78. The average molecular weight is 392 g/mol. The SMILES string of the molecule is CCN(C(=O)COc1ccccc1C(=O)NCc1ccccc1)C1=CCCCC1. The van der Waals surface area contributed by atoms with Crippen LogP contribution >= 0.6 is 0 Å². The maximum atomic E-state index is 12.7. The van der Waals surface area contributed by atoms with Crippen molar-refractivity contribution in [3.05, 3.63) is 77.5 Å². The zero-order valence-electron chi connectivity index (χ0n) is 16.9. The quantitative estimate of drug-likeness (QED) is 0.729. The molecule has 0 bridgehead atoms. The summed E-state index contributed by atoms with van der Waals surface area (Å²) in [7, 11) is 0. The van der Waals surface area contributed by atoms with Crippen molar-refractivity contribution in [1.82, 2.24) is 10.2 Å². The van der Waals surface area contributed by atoms with Crippen molar-refractivity contribution in [2.45, 2.75) is 39.2 Å². The van der Waals surface area contributed by atoms with Gasteiger partial charge >= 0.3 is 0 Å². The van der Waals surface area contributed by atoms with E-state index in [0.717, 1.165) is 30.5 Å². The van der Waals surface area contributed by atoms with Crippen molar-refractivity contribution in [2.75, 3.05) is 13.2 Å². The van der Waals surface area contributed by atoms with Gasteiger partial charge in [0.1, 0.15) is 5.75 Å². The molecule has 5 heteroatoms. The summed E-state index contributed by atoms with van der Waals surface area (Å²) in [4.78, 5) is 27.1. The topological polar surface area (TPSA) is 58.6 Å². The molecule has 1 aliphatic carbocycles.